The lowest BCUT2D eigenvalue weighted by Gasteiger charge is -2.33. The average Bonchev–Trinajstić information content (AvgIpc) is 2.60. The molecule has 2 aromatic carbocycles. The van der Waals surface area contributed by atoms with Crippen LogP contribution in [0.1, 0.15) is 12.5 Å². The van der Waals surface area contributed by atoms with E-state index in [-0.39, 0.29) is 5.91 Å². The van der Waals surface area contributed by atoms with Crippen LogP contribution in [0, 0.1) is 0 Å². The van der Waals surface area contributed by atoms with Gasteiger partial charge < -0.3 is 15.0 Å². The number of rotatable bonds is 5. The number of carbonyl (C=O) groups is 1. The second kappa shape index (κ2) is 7.62. The Morgan fingerprint density at radius 3 is 2.96 bits per heavy atom. The van der Waals surface area contributed by atoms with Gasteiger partial charge in [0.25, 0.3) is 0 Å². The van der Waals surface area contributed by atoms with Gasteiger partial charge >= 0.3 is 0 Å². The quantitative estimate of drug-likeness (QED) is 0.905. The van der Waals surface area contributed by atoms with Crippen LogP contribution in [0.2, 0.25) is 0 Å². The molecule has 4 nitrogen and oxygen atoms in total. The largest absolute Gasteiger partial charge is 0.497 e. The lowest BCUT2D eigenvalue weighted by molar-refractivity contribution is -0.119. The van der Waals surface area contributed by atoms with Crippen LogP contribution in [-0.4, -0.2) is 31.4 Å². The number of para-hydroxylation sites is 1. The van der Waals surface area contributed by atoms with Crippen LogP contribution in [0.25, 0.3) is 0 Å². The summed E-state index contributed by atoms with van der Waals surface area (Å²) in [4.78, 5) is 15.8. The molecule has 0 spiro atoms. The molecule has 0 fully saturated rings. The first-order valence-electron chi connectivity index (χ1n) is 8.06. The molecule has 0 aliphatic carbocycles. The van der Waals surface area contributed by atoms with Gasteiger partial charge in [0.05, 0.1) is 19.3 Å². The zero-order valence-electron chi connectivity index (χ0n) is 14.0. The van der Waals surface area contributed by atoms with Crippen molar-refractivity contribution in [3.8, 4) is 5.75 Å². The molecule has 2 aromatic rings. The van der Waals surface area contributed by atoms with E-state index >= 15 is 0 Å². The van der Waals surface area contributed by atoms with Gasteiger partial charge in [-0.15, -0.1) is 11.8 Å². The predicted molar refractivity (Wildman–Crippen MR) is 98.8 cm³/mol. The van der Waals surface area contributed by atoms with E-state index in [4.69, 9.17) is 4.74 Å². The Morgan fingerprint density at radius 2 is 2.12 bits per heavy atom. The Labute approximate surface area is 147 Å². The monoisotopic (exact) mass is 342 g/mol. The molecule has 24 heavy (non-hydrogen) atoms. The summed E-state index contributed by atoms with van der Waals surface area (Å²) in [6.45, 7) is 3.97. The number of nitrogens with zero attached hydrogens (tertiary/aromatic N) is 1. The number of ether oxygens (including phenoxy) is 1. The van der Waals surface area contributed by atoms with Crippen molar-refractivity contribution < 1.29 is 9.53 Å². The van der Waals surface area contributed by atoms with E-state index in [2.05, 4.69) is 29.3 Å². The lowest BCUT2D eigenvalue weighted by atomic mass is 10.2. The van der Waals surface area contributed by atoms with Crippen LogP contribution in [0.15, 0.2) is 53.4 Å². The number of nitrogens with one attached hydrogen (secondary N) is 1. The zero-order valence-corrected chi connectivity index (χ0v) is 14.8. The molecule has 1 N–H and O–H groups in total. The number of hydrogen-bond donors (Lipinski definition) is 1. The van der Waals surface area contributed by atoms with Crippen molar-refractivity contribution in [3.05, 3.63) is 54.1 Å². The highest BCUT2D eigenvalue weighted by Crippen LogP contribution is 2.37. The summed E-state index contributed by atoms with van der Waals surface area (Å²) in [5.41, 5.74) is 2.18. The number of hydrogen-bond acceptors (Lipinski definition) is 4. The van der Waals surface area contributed by atoms with Gasteiger partial charge in [0.2, 0.25) is 5.91 Å². The van der Waals surface area contributed by atoms with Crippen LogP contribution in [-0.2, 0) is 11.3 Å². The molecular weight excluding hydrogens is 320 g/mol. The van der Waals surface area contributed by atoms with E-state index in [1.807, 2.05) is 48.2 Å². The molecule has 5 heteroatoms. The molecule has 1 heterocycles. The van der Waals surface area contributed by atoms with Crippen molar-refractivity contribution in [2.75, 3.05) is 25.1 Å². The third-order valence-corrected chi connectivity index (χ3v) is 5.12. The van der Waals surface area contributed by atoms with Gasteiger partial charge in [-0.1, -0.05) is 31.2 Å². The smallest absolute Gasteiger partial charge is 0.239 e. The first-order valence-corrected chi connectivity index (χ1v) is 8.94. The Bertz CT molecular complexity index is 720. The first-order chi connectivity index (χ1) is 11.7. The molecule has 0 saturated heterocycles. The number of methoxy groups -OCH3 is 1. The minimum absolute atomic E-state index is 0.0340. The van der Waals surface area contributed by atoms with Gasteiger partial charge in [-0.2, -0.15) is 0 Å². The number of amides is 1. The molecule has 0 aromatic heterocycles. The number of thioether (sulfide) groups is 1. The second-order valence-electron chi connectivity index (χ2n) is 5.90. The maximum Gasteiger partial charge on any atom is 0.239 e. The molecule has 1 amide bonds. The molecular formula is C19H22N2O2S. The standard InChI is InChI=1S/C19H22N2O2S/c1-14-12-21(17-8-3-4-9-18(17)24-14)13-19(22)20-11-15-6-5-7-16(10-15)23-2/h3-10,14H,11-13H2,1-2H3,(H,20,22)/t14-/m0/s1. The summed E-state index contributed by atoms with van der Waals surface area (Å²) < 4.78 is 5.21. The van der Waals surface area contributed by atoms with E-state index in [1.165, 1.54) is 4.90 Å². The third-order valence-electron chi connectivity index (χ3n) is 3.97. The van der Waals surface area contributed by atoms with Crippen LogP contribution in [0.3, 0.4) is 0 Å². The molecule has 0 bridgehead atoms. The summed E-state index contributed by atoms with van der Waals surface area (Å²) in [7, 11) is 1.64. The fourth-order valence-electron chi connectivity index (χ4n) is 2.84. The topological polar surface area (TPSA) is 41.6 Å². The Hall–Kier alpha value is -2.14. The van der Waals surface area contributed by atoms with Gasteiger partial charge in [0.15, 0.2) is 0 Å². The number of fused-ring (bicyclic) bond motifs is 1. The molecule has 3 rings (SSSR count). The maximum atomic E-state index is 12.4. The Balaban J connectivity index is 1.61. The second-order valence-corrected chi connectivity index (χ2v) is 7.39. The summed E-state index contributed by atoms with van der Waals surface area (Å²) in [5, 5.41) is 3.48. The summed E-state index contributed by atoms with van der Waals surface area (Å²) in [5.74, 6) is 0.837. The number of benzene rings is 2. The molecule has 1 aliphatic rings. The van der Waals surface area contributed by atoms with Crippen molar-refractivity contribution in [1.82, 2.24) is 5.32 Å². The fraction of sp³-hybridized carbons (Fsp3) is 0.316. The summed E-state index contributed by atoms with van der Waals surface area (Å²) in [6, 6.07) is 16.0. The van der Waals surface area contributed by atoms with Crippen LogP contribution in [0.5, 0.6) is 5.75 Å². The van der Waals surface area contributed by atoms with Gasteiger partial charge in [0.1, 0.15) is 5.75 Å². The highest BCUT2D eigenvalue weighted by atomic mass is 32.2. The highest BCUT2D eigenvalue weighted by Gasteiger charge is 2.23. The molecule has 1 atom stereocenters. The van der Waals surface area contributed by atoms with Crippen molar-refractivity contribution in [2.24, 2.45) is 0 Å². The van der Waals surface area contributed by atoms with Gasteiger partial charge in [0, 0.05) is 23.2 Å². The molecule has 0 saturated carbocycles. The van der Waals surface area contributed by atoms with E-state index in [0.29, 0.717) is 18.3 Å². The van der Waals surface area contributed by atoms with Gasteiger partial charge in [-0.05, 0) is 29.8 Å². The van der Waals surface area contributed by atoms with Crippen molar-refractivity contribution in [2.45, 2.75) is 23.6 Å². The van der Waals surface area contributed by atoms with Crippen LogP contribution < -0.4 is 15.0 Å². The lowest BCUT2D eigenvalue weighted by Crippen LogP contribution is -2.41. The van der Waals surface area contributed by atoms with Crippen molar-refractivity contribution >= 4 is 23.4 Å². The minimum atomic E-state index is 0.0340. The van der Waals surface area contributed by atoms with E-state index < -0.39 is 0 Å². The number of anilines is 1. The SMILES string of the molecule is COc1cccc(CNC(=O)CN2C[C@H](C)Sc3ccccc32)c1. The van der Waals surface area contributed by atoms with E-state index in [0.717, 1.165) is 23.5 Å². The number of carbonyl (C=O) groups excluding carboxylic acids is 1. The Morgan fingerprint density at radius 1 is 1.29 bits per heavy atom. The summed E-state index contributed by atoms with van der Waals surface area (Å²) >= 11 is 1.87. The van der Waals surface area contributed by atoms with Crippen molar-refractivity contribution in [1.29, 1.82) is 0 Å². The van der Waals surface area contributed by atoms with E-state index in [1.54, 1.807) is 7.11 Å². The first kappa shape index (κ1) is 16.7. The van der Waals surface area contributed by atoms with Crippen LogP contribution in [0.4, 0.5) is 5.69 Å². The third kappa shape index (κ3) is 4.03. The fourth-order valence-corrected chi connectivity index (χ4v) is 4.01. The molecule has 126 valence electrons. The Kier molecular flexibility index (Phi) is 5.30. The van der Waals surface area contributed by atoms with Gasteiger partial charge in [-0.3, -0.25) is 4.79 Å². The highest BCUT2D eigenvalue weighted by molar-refractivity contribution is 8.00. The molecule has 1 aliphatic heterocycles. The molecule has 0 unspecified atom stereocenters. The van der Waals surface area contributed by atoms with E-state index in [9.17, 15) is 4.79 Å². The zero-order chi connectivity index (χ0) is 16.9. The predicted octanol–water partition coefficient (Wildman–Crippen LogP) is 3.31. The maximum absolute atomic E-state index is 12.4. The molecule has 0 radical (unpaired) electrons. The summed E-state index contributed by atoms with van der Waals surface area (Å²) in [6.07, 6.45) is 0. The van der Waals surface area contributed by atoms with Gasteiger partial charge in [-0.25, -0.2) is 0 Å². The minimum Gasteiger partial charge on any atom is -0.497 e. The van der Waals surface area contributed by atoms with Crippen molar-refractivity contribution in [3.63, 3.8) is 0 Å². The van der Waals surface area contributed by atoms with Crippen LogP contribution >= 0.6 is 11.8 Å². The average molecular weight is 342 g/mol. The normalized spacial score (nSPS) is 16.4.